The molecule has 1 aromatic carbocycles. The van der Waals surface area contributed by atoms with Gasteiger partial charge in [-0.25, -0.2) is 0 Å². The molecule has 0 spiro atoms. The average Bonchev–Trinajstić information content (AvgIpc) is 2.63. The Labute approximate surface area is 166 Å². The summed E-state index contributed by atoms with van der Waals surface area (Å²) in [4.78, 5) is 27.4. The minimum atomic E-state index is 0.00270. The SMILES string of the molecule is Cc1ccc(C(=O)N2CC(C)CC(C)C2)cc1NC(=O)CC1CSCCN1. The van der Waals surface area contributed by atoms with E-state index in [0.29, 0.717) is 23.8 Å². The van der Waals surface area contributed by atoms with E-state index in [-0.39, 0.29) is 17.9 Å². The van der Waals surface area contributed by atoms with Gasteiger partial charge in [-0.1, -0.05) is 19.9 Å². The van der Waals surface area contributed by atoms with E-state index < -0.39 is 0 Å². The monoisotopic (exact) mass is 389 g/mol. The zero-order chi connectivity index (χ0) is 19.4. The van der Waals surface area contributed by atoms with Crippen molar-refractivity contribution in [3.05, 3.63) is 29.3 Å². The van der Waals surface area contributed by atoms with E-state index in [1.165, 1.54) is 6.42 Å². The van der Waals surface area contributed by atoms with Crippen LogP contribution in [0.3, 0.4) is 0 Å². The van der Waals surface area contributed by atoms with E-state index >= 15 is 0 Å². The molecule has 2 aliphatic heterocycles. The molecule has 2 saturated heterocycles. The van der Waals surface area contributed by atoms with Crippen molar-refractivity contribution in [3.63, 3.8) is 0 Å². The summed E-state index contributed by atoms with van der Waals surface area (Å²) in [7, 11) is 0. The summed E-state index contributed by atoms with van der Waals surface area (Å²) in [5.41, 5.74) is 2.38. The molecule has 0 aromatic heterocycles. The molecule has 2 N–H and O–H groups in total. The number of nitrogens with zero attached hydrogens (tertiary/aromatic N) is 1. The molecule has 0 aliphatic carbocycles. The Hall–Kier alpha value is -1.53. The van der Waals surface area contributed by atoms with Gasteiger partial charge < -0.3 is 15.5 Å². The summed E-state index contributed by atoms with van der Waals surface area (Å²) >= 11 is 1.88. The summed E-state index contributed by atoms with van der Waals surface area (Å²) in [6.45, 7) is 8.94. The summed E-state index contributed by atoms with van der Waals surface area (Å²) in [5, 5.41) is 6.40. The van der Waals surface area contributed by atoms with Gasteiger partial charge in [0.2, 0.25) is 5.91 Å². The van der Waals surface area contributed by atoms with Crippen LogP contribution in [-0.4, -0.2) is 53.9 Å². The van der Waals surface area contributed by atoms with Crippen molar-refractivity contribution in [2.24, 2.45) is 11.8 Å². The first-order valence-corrected chi connectivity index (χ1v) is 11.1. The quantitative estimate of drug-likeness (QED) is 0.830. The minimum Gasteiger partial charge on any atom is -0.338 e. The standard InChI is InChI=1S/C21H31N3O2S/c1-14-8-15(2)12-24(11-14)21(26)17-5-4-16(3)19(9-17)23-20(25)10-18-13-27-7-6-22-18/h4-5,9,14-15,18,22H,6-8,10-13H2,1-3H3,(H,23,25). The Bertz CT molecular complexity index is 678. The highest BCUT2D eigenvalue weighted by Crippen LogP contribution is 2.24. The second kappa shape index (κ2) is 9.11. The van der Waals surface area contributed by atoms with E-state index in [0.717, 1.165) is 42.4 Å². The highest BCUT2D eigenvalue weighted by Gasteiger charge is 2.26. The van der Waals surface area contributed by atoms with E-state index in [4.69, 9.17) is 0 Å². The molecule has 148 valence electrons. The van der Waals surface area contributed by atoms with Crippen LogP contribution in [0.15, 0.2) is 18.2 Å². The Morgan fingerprint density at radius 2 is 2.00 bits per heavy atom. The van der Waals surface area contributed by atoms with Gasteiger partial charge in [-0.05, 0) is 42.9 Å². The van der Waals surface area contributed by atoms with Crippen LogP contribution in [-0.2, 0) is 4.79 Å². The number of aryl methyl sites for hydroxylation is 1. The molecule has 3 unspecified atom stereocenters. The number of thioether (sulfide) groups is 1. The normalized spacial score (nSPS) is 25.9. The number of piperidine rings is 1. The molecule has 6 heteroatoms. The van der Waals surface area contributed by atoms with Crippen molar-refractivity contribution in [1.29, 1.82) is 0 Å². The minimum absolute atomic E-state index is 0.00270. The van der Waals surface area contributed by atoms with Crippen LogP contribution in [0, 0.1) is 18.8 Å². The lowest BCUT2D eigenvalue weighted by molar-refractivity contribution is -0.116. The maximum Gasteiger partial charge on any atom is 0.253 e. The first-order chi connectivity index (χ1) is 12.9. The number of rotatable bonds is 4. The molecule has 3 atom stereocenters. The molecule has 2 heterocycles. The number of benzene rings is 1. The molecule has 3 rings (SSSR count). The van der Waals surface area contributed by atoms with Crippen LogP contribution < -0.4 is 10.6 Å². The van der Waals surface area contributed by atoms with Crippen LogP contribution in [0.2, 0.25) is 0 Å². The molecular formula is C21H31N3O2S. The van der Waals surface area contributed by atoms with Gasteiger partial charge >= 0.3 is 0 Å². The van der Waals surface area contributed by atoms with Crippen molar-refractivity contribution in [2.45, 2.75) is 39.7 Å². The van der Waals surface area contributed by atoms with Gasteiger partial charge in [0.05, 0.1) is 0 Å². The predicted molar refractivity (Wildman–Crippen MR) is 112 cm³/mol. The topological polar surface area (TPSA) is 61.4 Å². The first-order valence-electron chi connectivity index (χ1n) is 9.93. The summed E-state index contributed by atoms with van der Waals surface area (Å²) in [5.74, 6) is 3.20. The van der Waals surface area contributed by atoms with Crippen LogP contribution in [0.4, 0.5) is 5.69 Å². The molecule has 1 aromatic rings. The molecule has 2 aliphatic rings. The third-order valence-corrected chi connectivity index (χ3v) is 6.48. The molecule has 2 amide bonds. The Morgan fingerprint density at radius 3 is 2.67 bits per heavy atom. The van der Waals surface area contributed by atoms with Crippen molar-refractivity contribution >= 4 is 29.3 Å². The molecule has 0 saturated carbocycles. The van der Waals surface area contributed by atoms with Crippen LogP contribution in [0.1, 0.15) is 42.6 Å². The fourth-order valence-electron chi connectivity index (χ4n) is 4.08. The van der Waals surface area contributed by atoms with Crippen LogP contribution in [0.25, 0.3) is 0 Å². The second-order valence-corrected chi connectivity index (χ2v) is 9.31. The number of likely N-dealkylation sites (tertiary alicyclic amines) is 1. The Kier molecular flexibility index (Phi) is 6.82. The lowest BCUT2D eigenvalue weighted by Crippen LogP contribution is -2.42. The van der Waals surface area contributed by atoms with Crippen LogP contribution in [0.5, 0.6) is 0 Å². The largest absolute Gasteiger partial charge is 0.338 e. The molecule has 5 nitrogen and oxygen atoms in total. The number of carbonyl (C=O) groups is 2. The number of hydrogen-bond acceptors (Lipinski definition) is 4. The zero-order valence-electron chi connectivity index (χ0n) is 16.6. The lowest BCUT2D eigenvalue weighted by atomic mass is 9.91. The highest BCUT2D eigenvalue weighted by molar-refractivity contribution is 7.99. The van der Waals surface area contributed by atoms with E-state index in [2.05, 4.69) is 24.5 Å². The van der Waals surface area contributed by atoms with Gasteiger partial charge in [0.15, 0.2) is 0 Å². The average molecular weight is 390 g/mol. The van der Waals surface area contributed by atoms with Gasteiger partial charge in [0.25, 0.3) is 5.91 Å². The fraction of sp³-hybridized carbons (Fsp3) is 0.619. The van der Waals surface area contributed by atoms with Gasteiger partial charge in [-0.3, -0.25) is 9.59 Å². The van der Waals surface area contributed by atoms with Crippen molar-refractivity contribution in [1.82, 2.24) is 10.2 Å². The number of carbonyl (C=O) groups excluding carboxylic acids is 2. The molecule has 0 radical (unpaired) electrons. The van der Waals surface area contributed by atoms with Gasteiger partial charge in [-0.15, -0.1) is 0 Å². The van der Waals surface area contributed by atoms with E-state index in [9.17, 15) is 9.59 Å². The molecule has 27 heavy (non-hydrogen) atoms. The number of anilines is 1. The number of amides is 2. The highest BCUT2D eigenvalue weighted by atomic mass is 32.2. The van der Waals surface area contributed by atoms with E-state index in [1.54, 1.807) is 0 Å². The summed E-state index contributed by atoms with van der Waals surface area (Å²) in [6.07, 6.45) is 1.64. The van der Waals surface area contributed by atoms with Gasteiger partial charge in [0.1, 0.15) is 0 Å². The smallest absolute Gasteiger partial charge is 0.253 e. The van der Waals surface area contributed by atoms with Crippen molar-refractivity contribution in [3.8, 4) is 0 Å². The Morgan fingerprint density at radius 1 is 1.26 bits per heavy atom. The first kappa shape index (κ1) is 20.2. The molecule has 2 fully saturated rings. The second-order valence-electron chi connectivity index (χ2n) is 8.16. The van der Waals surface area contributed by atoms with Gasteiger partial charge in [0, 0.05) is 54.9 Å². The zero-order valence-corrected chi connectivity index (χ0v) is 17.4. The van der Waals surface area contributed by atoms with Crippen molar-refractivity contribution in [2.75, 3.05) is 36.5 Å². The maximum atomic E-state index is 13.0. The number of nitrogens with one attached hydrogen (secondary N) is 2. The molecular weight excluding hydrogens is 358 g/mol. The van der Waals surface area contributed by atoms with Crippen molar-refractivity contribution < 1.29 is 9.59 Å². The Balaban J connectivity index is 1.66. The van der Waals surface area contributed by atoms with E-state index in [1.807, 2.05) is 41.8 Å². The van der Waals surface area contributed by atoms with Gasteiger partial charge in [-0.2, -0.15) is 11.8 Å². The third kappa shape index (κ3) is 5.48. The predicted octanol–water partition coefficient (Wildman–Crippen LogP) is 3.15. The lowest BCUT2D eigenvalue weighted by Gasteiger charge is -2.35. The number of hydrogen-bond donors (Lipinski definition) is 2. The van der Waals surface area contributed by atoms with Crippen LogP contribution >= 0.6 is 11.8 Å². The maximum absolute atomic E-state index is 13.0. The molecule has 0 bridgehead atoms. The fourth-order valence-corrected chi connectivity index (χ4v) is 5.03. The summed E-state index contributed by atoms with van der Waals surface area (Å²) in [6, 6.07) is 5.86. The summed E-state index contributed by atoms with van der Waals surface area (Å²) < 4.78 is 0. The third-order valence-electron chi connectivity index (χ3n) is 5.34.